The van der Waals surface area contributed by atoms with Crippen LogP contribution in [0.15, 0.2) is 55.4 Å². The van der Waals surface area contributed by atoms with Crippen molar-refractivity contribution < 1.29 is 24.4 Å². The molecule has 0 aliphatic heterocycles. The number of rotatable bonds is 3. The Bertz CT molecular complexity index is 397. The van der Waals surface area contributed by atoms with Crippen LogP contribution in [-0.4, -0.2) is 11.6 Å². The largest absolute Gasteiger partial charge is 0.320 e. The number of pyridine rings is 1. The van der Waals surface area contributed by atoms with E-state index < -0.39 is 10.8 Å². The lowest BCUT2D eigenvalue weighted by molar-refractivity contribution is -1.63. The van der Waals surface area contributed by atoms with Crippen molar-refractivity contribution in [2.45, 2.75) is 0 Å². The Kier molecular flexibility index (Phi) is 6.21. The summed E-state index contributed by atoms with van der Waals surface area (Å²) < 4.78 is 22.9. The molecule has 1 heterocycles. The van der Waals surface area contributed by atoms with E-state index in [-0.39, 0.29) is 6.61 Å². The van der Waals surface area contributed by atoms with E-state index in [1.54, 1.807) is 0 Å². The minimum atomic E-state index is -2.10. The number of halogens is 1. The third kappa shape index (κ3) is 5.42. The molecule has 0 amide bonds. The fourth-order valence-corrected chi connectivity index (χ4v) is 1.31. The van der Waals surface area contributed by atoms with Gasteiger partial charge in [-0.25, -0.2) is 0 Å². The van der Waals surface area contributed by atoms with Crippen molar-refractivity contribution in [1.82, 2.24) is 4.98 Å². The van der Waals surface area contributed by atoms with Gasteiger partial charge in [-0.15, -0.1) is 6.58 Å². The van der Waals surface area contributed by atoms with E-state index >= 15 is 0 Å². The van der Waals surface area contributed by atoms with Gasteiger partial charge in [-0.05, 0) is 16.8 Å². The molecule has 1 aromatic heterocycles. The third-order valence-corrected chi connectivity index (χ3v) is 2.12. The molecule has 2 rings (SSSR count). The normalized spacial score (nSPS) is 9.82. The Balaban J connectivity index is 0.000000185. The van der Waals surface area contributed by atoms with Gasteiger partial charge in [0.15, 0.2) is 6.61 Å². The van der Waals surface area contributed by atoms with Crippen LogP contribution < -0.4 is 9.32 Å². The Labute approximate surface area is 103 Å². The first-order valence-electron chi connectivity index (χ1n) is 4.82. The van der Waals surface area contributed by atoms with Crippen molar-refractivity contribution in [3.63, 3.8) is 0 Å². The minimum absolute atomic E-state index is 0.0352. The second-order valence-electron chi connectivity index (χ2n) is 2.98. The number of fused-ring (bicyclic) bond motifs is 1. The van der Waals surface area contributed by atoms with Gasteiger partial charge in [0.05, 0.1) is 0 Å². The monoisotopic (exact) mass is 253 g/mol. The maximum Gasteiger partial charge on any atom is 0.286 e. The molecule has 0 spiro atoms. The van der Waals surface area contributed by atoms with Crippen LogP contribution in [0.1, 0.15) is 0 Å². The van der Waals surface area contributed by atoms with E-state index in [2.05, 4.69) is 28.0 Å². The highest BCUT2D eigenvalue weighted by molar-refractivity contribution is 5.80. The molecule has 0 saturated heterocycles. The van der Waals surface area contributed by atoms with Crippen molar-refractivity contribution in [3.8, 4) is 0 Å². The topological polar surface area (TPSA) is 68.2 Å². The lowest BCUT2D eigenvalue weighted by Crippen LogP contribution is -2.34. The highest BCUT2D eigenvalue weighted by Gasteiger charge is 2.00. The minimum Gasteiger partial charge on any atom is -0.320 e. The summed E-state index contributed by atoms with van der Waals surface area (Å²) in [5.41, 5.74) is 0. The van der Waals surface area contributed by atoms with Crippen molar-refractivity contribution in [3.05, 3.63) is 55.4 Å². The molecule has 1 aromatic carbocycles. The molecule has 17 heavy (non-hydrogen) atoms. The van der Waals surface area contributed by atoms with Gasteiger partial charge in [0, 0.05) is 16.7 Å². The summed E-state index contributed by atoms with van der Waals surface area (Å²) in [6.07, 6.45) is 5.03. The molecule has 5 heteroatoms. The standard InChI is InChI=1S/C9H7N.C3H5ClO3/c1-2-4-9-7-10-6-5-8(9)3-1;1-2-3-7-4(5)6/h1-7H;2H,1,3H2. The molecular formula is C12H12ClNO3. The SMILES string of the molecule is C=CCO[Cl+2]([O-])[O-].c1ccc2cnccc2c1. The summed E-state index contributed by atoms with van der Waals surface area (Å²) in [7, 11) is -2.10. The molecule has 4 nitrogen and oxygen atoms in total. The van der Waals surface area contributed by atoms with Crippen molar-refractivity contribution in [1.29, 1.82) is 0 Å². The molecule has 0 saturated carbocycles. The average molecular weight is 254 g/mol. The van der Waals surface area contributed by atoms with Crippen molar-refractivity contribution in [2.24, 2.45) is 0 Å². The van der Waals surface area contributed by atoms with E-state index in [1.165, 1.54) is 16.8 Å². The molecule has 0 aliphatic rings. The Morgan fingerprint density at radius 3 is 2.47 bits per heavy atom. The molecule has 0 N–H and O–H groups in total. The van der Waals surface area contributed by atoms with Crippen LogP contribution in [0.3, 0.4) is 0 Å². The molecule has 90 valence electrons. The molecule has 0 atom stereocenters. The van der Waals surface area contributed by atoms with Crippen molar-refractivity contribution >= 4 is 10.8 Å². The van der Waals surface area contributed by atoms with Crippen molar-refractivity contribution in [2.75, 3.05) is 6.61 Å². The van der Waals surface area contributed by atoms with Gasteiger partial charge < -0.3 is 9.32 Å². The molecule has 0 radical (unpaired) electrons. The van der Waals surface area contributed by atoms with Crippen LogP contribution >= 0.6 is 0 Å². The van der Waals surface area contributed by atoms with Crippen LogP contribution in [0, 0.1) is 10.8 Å². The number of benzene rings is 1. The number of hydrogen-bond donors (Lipinski definition) is 0. The zero-order valence-electron chi connectivity index (χ0n) is 9.08. The summed E-state index contributed by atoms with van der Waals surface area (Å²) in [6.45, 7) is 3.26. The van der Waals surface area contributed by atoms with E-state index in [4.69, 9.17) is 0 Å². The molecule has 0 fully saturated rings. The fraction of sp³-hybridized carbons (Fsp3) is 0.0833. The smallest absolute Gasteiger partial charge is 0.286 e. The maximum atomic E-state index is 9.45. The first-order valence-corrected chi connectivity index (χ1v) is 5.75. The van der Waals surface area contributed by atoms with Crippen LogP contribution in [-0.2, 0) is 4.29 Å². The first kappa shape index (κ1) is 13.6. The summed E-state index contributed by atoms with van der Waals surface area (Å²) >= 11 is 0. The average Bonchev–Trinajstić information content (AvgIpc) is 2.37. The first-order chi connectivity index (χ1) is 8.24. The quantitative estimate of drug-likeness (QED) is 0.748. The summed E-state index contributed by atoms with van der Waals surface area (Å²) in [5, 5.41) is 2.45. The maximum absolute atomic E-state index is 9.45. The third-order valence-electron chi connectivity index (χ3n) is 1.82. The fourth-order valence-electron chi connectivity index (χ4n) is 1.12. The second kappa shape index (κ2) is 7.76. The number of hydrogen-bond acceptors (Lipinski definition) is 4. The second-order valence-corrected chi connectivity index (χ2v) is 3.57. The van der Waals surface area contributed by atoms with Gasteiger partial charge >= 0.3 is 0 Å². The zero-order chi connectivity index (χ0) is 12.5. The highest BCUT2D eigenvalue weighted by atomic mass is 35.6. The van der Waals surface area contributed by atoms with Gasteiger partial charge in [0.1, 0.15) is 0 Å². The predicted molar refractivity (Wildman–Crippen MR) is 57.9 cm³/mol. The predicted octanol–water partition coefficient (Wildman–Crippen LogP) is 0.510. The Morgan fingerprint density at radius 2 is 1.94 bits per heavy atom. The molecule has 2 aromatic rings. The van der Waals surface area contributed by atoms with Crippen LogP contribution in [0.25, 0.3) is 10.8 Å². The van der Waals surface area contributed by atoms with Gasteiger partial charge in [-0.2, -0.15) is 0 Å². The molecule has 0 unspecified atom stereocenters. The summed E-state index contributed by atoms with van der Waals surface area (Å²) in [6, 6.07) is 10.2. The Hall–Kier alpha value is -1.46. The van der Waals surface area contributed by atoms with Crippen LogP contribution in [0.2, 0.25) is 0 Å². The number of nitrogens with zero attached hydrogens (tertiary/aromatic N) is 1. The van der Waals surface area contributed by atoms with E-state index in [0.29, 0.717) is 0 Å². The van der Waals surface area contributed by atoms with Gasteiger partial charge in [-0.3, -0.25) is 4.98 Å². The summed E-state index contributed by atoms with van der Waals surface area (Å²) in [5.74, 6) is 0. The Morgan fingerprint density at radius 1 is 1.24 bits per heavy atom. The van der Waals surface area contributed by atoms with E-state index in [0.717, 1.165) is 0 Å². The van der Waals surface area contributed by atoms with E-state index in [1.807, 2.05) is 30.6 Å². The summed E-state index contributed by atoms with van der Waals surface area (Å²) in [4.78, 5) is 4.01. The lowest BCUT2D eigenvalue weighted by atomic mass is 10.2. The molecule has 0 aliphatic carbocycles. The van der Waals surface area contributed by atoms with Gasteiger partial charge in [0.2, 0.25) is 0 Å². The van der Waals surface area contributed by atoms with E-state index in [9.17, 15) is 9.32 Å². The lowest BCUT2D eigenvalue weighted by Gasteiger charge is -1.91. The van der Waals surface area contributed by atoms with Gasteiger partial charge in [0.25, 0.3) is 10.8 Å². The molecular weight excluding hydrogens is 242 g/mol. The molecule has 0 bridgehead atoms. The highest BCUT2D eigenvalue weighted by Crippen LogP contribution is 2.09. The zero-order valence-corrected chi connectivity index (χ0v) is 9.84. The van der Waals surface area contributed by atoms with Crippen LogP contribution in [0.5, 0.6) is 0 Å². The van der Waals surface area contributed by atoms with Crippen LogP contribution in [0.4, 0.5) is 0 Å². The van der Waals surface area contributed by atoms with Gasteiger partial charge in [-0.1, -0.05) is 30.3 Å². The number of aromatic nitrogens is 1.